The highest BCUT2D eigenvalue weighted by molar-refractivity contribution is 5.95. The van der Waals surface area contributed by atoms with E-state index in [2.05, 4.69) is 10.6 Å². The van der Waals surface area contributed by atoms with E-state index in [1.54, 1.807) is 39.8 Å². The number of alkyl carbamates (subject to hydrolysis) is 1. The standard InChI is InChI=1S/C19H26N2O6/c1-18(2,3)27-17(25)20-10-13-7-5-12(6-8-13)9-14(21-16(23)24)15(22)19(4)11-26-19/h5-8,14,21H,9-11H2,1-4H3,(H,20,25)(H,23,24)/t14-,19+/m0/s1. The molecular weight excluding hydrogens is 352 g/mol. The third kappa shape index (κ3) is 6.56. The van der Waals surface area contributed by atoms with Crippen molar-refractivity contribution >= 4 is 18.0 Å². The molecule has 1 aliphatic heterocycles. The molecule has 8 nitrogen and oxygen atoms in total. The first-order chi connectivity index (χ1) is 12.5. The molecule has 0 bridgehead atoms. The maximum absolute atomic E-state index is 12.4. The number of ketones is 1. The minimum absolute atomic E-state index is 0.226. The quantitative estimate of drug-likeness (QED) is 0.627. The van der Waals surface area contributed by atoms with Crippen LogP contribution in [-0.4, -0.2) is 46.9 Å². The number of hydrogen-bond donors (Lipinski definition) is 3. The van der Waals surface area contributed by atoms with Crippen molar-refractivity contribution in [1.82, 2.24) is 10.6 Å². The van der Waals surface area contributed by atoms with Crippen molar-refractivity contribution in [3.63, 3.8) is 0 Å². The molecule has 8 heteroatoms. The van der Waals surface area contributed by atoms with Crippen molar-refractivity contribution in [3.05, 3.63) is 35.4 Å². The molecule has 1 fully saturated rings. The Bertz CT molecular complexity index is 704. The van der Waals surface area contributed by atoms with E-state index in [-0.39, 0.29) is 12.2 Å². The van der Waals surface area contributed by atoms with Crippen LogP contribution in [0.4, 0.5) is 9.59 Å². The van der Waals surface area contributed by atoms with E-state index in [4.69, 9.17) is 14.6 Å². The van der Waals surface area contributed by atoms with Crippen LogP contribution in [0.3, 0.4) is 0 Å². The summed E-state index contributed by atoms with van der Waals surface area (Å²) in [6, 6.07) is 6.34. The van der Waals surface area contributed by atoms with Gasteiger partial charge in [0.15, 0.2) is 5.78 Å². The molecule has 2 amide bonds. The molecule has 1 heterocycles. The minimum Gasteiger partial charge on any atom is -0.465 e. The highest BCUT2D eigenvalue weighted by Gasteiger charge is 2.50. The number of epoxide rings is 1. The average Bonchev–Trinajstić information content (AvgIpc) is 3.30. The molecule has 0 spiro atoms. The summed E-state index contributed by atoms with van der Waals surface area (Å²) in [5.74, 6) is -0.277. The van der Waals surface area contributed by atoms with Crippen LogP contribution in [0.25, 0.3) is 0 Å². The largest absolute Gasteiger partial charge is 0.465 e. The second-order valence-electron chi connectivity index (χ2n) is 7.76. The fourth-order valence-corrected chi connectivity index (χ4v) is 2.49. The van der Waals surface area contributed by atoms with Crippen LogP contribution < -0.4 is 10.6 Å². The lowest BCUT2D eigenvalue weighted by Gasteiger charge is -2.20. The van der Waals surface area contributed by atoms with Crippen LogP contribution in [0.1, 0.15) is 38.8 Å². The van der Waals surface area contributed by atoms with Gasteiger partial charge >= 0.3 is 12.2 Å². The van der Waals surface area contributed by atoms with Gasteiger partial charge in [-0.3, -0.25) is 4.79 Å². The molecule has 0 unspecified atom stereocenters. The number of carboxylic acid groups (broad SMARTS) is 1. The molecule has 1 aromatic carbocycles. The topological polar surface area (TPSA) is 117 Å². The van der Waals surface area contributed by atoms with Gasteiger partial charge in [0.05, 0.1) is 12.6 Å². The molecule has 0 radical (unpaired) electrons. The van der Waals surface area contributed by atoms with Gasteiger partial charge in [0.1, 0.15) is 11.2 Å². The van der Waals surface area contributed by atoms with E-state index in [0.29, 0.717) is 13.2 Å². The first-order valence-electron chi connectivity index (χ1n) is 8.71. The lowest BCUT2D eigenvalue weighted by Crippen LogP contribution is -2.46. The number of nitrogens with one attached hydrogen (secondary N) is 2. The van der Waals surface area contributed by atoms with Crippen LogP contribution in [0.2, 0.25) is 0 Å². The van der Waals surface area contributed by atoms with E-state index >= 15 is 0 Å². The smallest absolute Gasteiger partial charge is 0.407 e. The summed E-state index contributed by atoms with van der Waals surface area (Å²) in [6.07, 6.45) is -1.53. The van der Waals surface area contributed by atoms with Crippen LogP contribution in [0, 0.1) is 0 Å². The Hall–Kier alpha value is -2.61. The molecule has 1 saturated heterocycles. The molecule has 1 aliphatic rings. The second kappa shape index (κ2) is 7.96. The van der Waals surface area contributed by atoms with Gasteiger partial charge < -0.3 is 25.2 Å². The van der Waals surface area contributed by atoms with E-state index < -0.39 is 29.4 Å². The maximum atomic E-state index is 12.4. The molecule has 2 rings (SSSR count). The predicted molar refractivity (Wildman–Crippen MR) is 97.5 cm³/mol. The molecule has 148 valence electrons. The summed E-state index contributed by atoms with van der Waals surface area (Å²) >= 11 is 0. The first-order valence-corrected chi connectivity index (χ1v) is 8.71. The number of amides is 2. The highest BCUT2D eigenvalue weighted by atomic mass is 16.6. The van der Waals surface area contributed by atoms with Crippen LogP contribution in [0.5, 0.6) is 0 Å². The van der Waals surface area contributed by atoms with Crippen LogP contribution in [-0.2, 0) is 27.2 Å². The number of hydrogen-bond acceptors (Lipinski definition) is 5. The minimum atomic E-state index is -1.25. The summed E-state index contributed by atoms with van der Waals surface area (Å²) in [5, 5.41) is 13.9. The molecule has 1 aromatic rings. The van der Waals surface area contributed by atoms with Gasteiger partial charge in [0.2, 0.25) is 0 Å². The van der Waals surface area contributed by atoms with Gasteiger partial charge in [-0.2, -0.15) is 0 Å². The summed E-state index contributed by atoms with van der Waals surface area (Å²) in [7, 11) is 0. The zero-order valence-electron chi connectivity index (χ0n) is 16.0. The number of benzene rings is 1. The summed E-state index contributed by atoms with van der Waals surface area (Å²) in [6.45, 7) is 7.62. The SMILES string of the molecule is CC(C)(C)OC(=O)NCc1ccc(C[C@H](NC(=O)O)C(=O)[C@@]2(C)CO2)cc1. The van der Waals surface area contributed by atoms with Crippen molar-refractivity contribution in [2.75, 3.05) is 6.61 Å². The normalized spacial score (nSPS) is 19.7. The molecule has 0 aliphatic carbocycles. The molecule has 0 aromatic heterocycles. The van der Waals surface area contributed by atoms with E-state index in [9.17, 15) is 14.4 Å². The third-order valence-corrected chi connectivity index (χ3v) is 4.01. The average molecular weight is 378 g/mol. The van der Waals surface area contributed by atoms with Gasteiger partial charge in [-0.05, 0) is 45.2 Å². The first kappa shape index (κ1) is 20.7. The van der Waals surface area contributed by atoms with E-state index in [0.717, 1.165) is 11.1 Å². The van der Waals surface area contributed by atoms with Gasteiger partial charge in [-0.25, -0.2) is 9.59 Å². The second-order valence-corrected chi connectivity index (χ2v) is 7.76. The predicted octanol–water partition coefficient (Wildman–Crippen LogP) is 2.25. The van der Waals surface area contributed by atoms with Crippen molar-refractivity contribution in [2.45, 2.75) is 57.9 Å². The zero-order chi connectivity index (χ0) is 20.2. The van der Waals surface area contributed by atoms with Gasteiger partial charge in [-0.15, -0.1) is 0 Å². The molecule has 3 N–H and O–H groups in total. The van der Waals surface area contributed by atoms with Crippen molar-refractivity contribution in [1.29, 1.82) is 0 Å². The van der Waals surface area contributed by atoms with Crippen molar-refractivity contribution in [3.8, 4) is 0 Å². The zero-order valence-corrected chi connectivity index (χ0v) is 16.0. The van der Waals surface area contributed by atoms with Crippen LogP contribution >= 0.6 is 0 Å². The monoisotopic (exact) mass is 378 g/mol. The Morgan fingerprint density at radius 1 is 1.22 bits per heavy atom. The third-order valence-electron chi connectivity index (χ3n) is 4.01. The molecule has 27 heavy (non-hydrogen) atoms. The molecule has 2 atom stereocenters. The highest BCUT2D eigenvalue weighted by Crippen LogP contribution is 2.29. The number of Topliss-reactive ketones (excluding diaryl/α,β-unsaturated/α-hetero) is 1. The summed E-state index contributed by atoms with van der Waals surface area (Å²) in [5.41, 5.74) is 0.197. The van der Waals surface area contributed by atoms with Crippen molar-refractivity contribution < 1.29 is 29.0 Å². The Labute approximate surface area is 158 Å². The van der Waals surface area contributed by atoms with E-state index in [1.165, 1.54) is 0 Å². The van der Waals surface area contributed by atoms with E-state index in [1.807, 2.05) is 12.1 Å². The Morgan fingerprint density at radius 3 is 2.26 bits per heavy atom. The summed E-state index contributed by atoms with van der Waals surface area (Å²) < 4.78 is 10.3. The Morgan fingerprint density at radius 2 is 1.78 bits per heavy atom. The Kier molecular flexibility index (Phi) is 6.10. The maximum Gasteiger partial charge on any atom is 0.407 e. The van der Waals surface area contributed by atoms with Crippen LogP contribution in [0.15, 0.2) is 24.3 Å². The Balaban J connectivity index is 1.93. The number of rotatable bonds is 7. The molecule has 0 saturated carbocycles. The number of carbonyl (C=O) groups excluding carboxylic acids is 2. The van der Waals surface area contributed by atoms with Crippen molar-refractivity contribution in [2.24, 2.45) is 0 Å². The lowest BCUT2D eigenvalue weighted by atomic mass is 9.94. The van der Waals surface area contributed by atoms with Gasteiger partial charge in [-0.1, -0.05) is 24.3 Å². The number of ether oxygens (including phenoxy) is 2. The summed E-state index contributed by atoms with van der Waals surface area (Å²) in [4.78, 5) is 35.1. The lowest BCUT2D eigenvalue weighted by molar-refractivity contribution is -0.125. The van der Waals surface area contributed by atoms with Gasteiger partial charge in [0.25, 0.3) is 0 Å². The number of carbonyl (C=O) groups is 3. The molecular formula is C19H26N2O6. The van der Waals surface area contributed by atoms with Gasteiger partial charge in [0, 0.05) is 6.54 Å². The fourth-order valence-electron chi connectivity index (χ4n) is 2.49. The fraction of sp³-hybridized carbons (Fsp3) is 0.526.